The molecule has 0 aliphatic carbocycles. The topological polar surface area (TPSA) is 34.6 Å². The molecular weight excluding hydrogens is 275 g/mol. The van der Waals surface area contributed by atoms with E-state index in [2.05, 4.69) is 57.5 Å². The van der Waals surface area contributed by atoms with E-state index in [1.165, 1.54) is 12.0 Å². The van der Waals surface area contributed by atoms with Crippen molar-refractivity contribution in [1.82, 2.24) is 4.98 Å². The monoisotopic (exact) mass is 302 g/mol. The normalized spacial score (nSPS) is 26.7. The molecule has 0 aromatic carbocycles. The van der Waals surface area contributed by atoms with Gasteiger partial charge >= 0.3 is 7.12 Å². The molecule has 22 heavy (non-hydrogen) atoms. The molecule has 3 rings (SSSR count). The van der Waals surface area contributed by atoms with Crippen LogP contribution in [-0.2, 0) is 9.31 Å². The average molecular weight is 302 g/mol. The Balaban J connectivity index is 1.82. The number of pyridine rings is 1. The molecule has 120 valence electrons. The maximum atomic E-state index is 6.14. The molecule has 2 aliphatic rings. The van der Waals surface area contributed by atoms with Gasteiger partial charge in [0.15, 0.2) is 0 Å². The number of aryl methyl sites for hydroxylation is 1. The first-order chi connectivity index (χ1) is 10.2. The Kier molecular flexibility index (Phi) is 3.77. The lowest BCUT2D eigenvalue weighted by atomic mass is 9.77. The Morgan fingerprint density at radius 2 is 1.86 bits per heavy atom. The Morgan fingerprint density at radius 1 is 1.23 bits per heavy atom. The molecule has 1 aromatic rings. The highest BCUT2D eigenvalue weighted by Crippen LogP contribution is 2.36. The summed E-state index contributed by atoms with van der Waals surface area (Å²) in [4.78, 5) is 7.03. The van der Waals surface area contributed by atoms with E-state index in [0.717, 1.165) is 30.3 Å². The summed E-state index contributed by atoms with van der Waals surface area (Å²) >= 11 is 0. The van der Waals surface area contributed by atoms with E-state index >= 15 is 0 Å². The van der Waals surface area contributed by atoms with Gasteiger partial charge in [0.1, 0.15) is 5.82 Å². The summed E-state index contributed by atoms with van der Waals surface area (Å²) in [6.45, 7) is 14.9. The first kappa shape index (κ1) is 15.8. The van der Waals surface area contributed by atoms with Gasteiger partial charge in [0.05, 0.1) is 11.2 Å². The number of aromatic nitrogens is 1. The molecule has 2 aliphatic heterocycles. The summed E-state index contributed by atoms with van der Waals surface area (Å²) in [5.41, 5.74) is 1.60. The lowest BCUT2D eigenvalue weighted by Crippen LogP contribution is -2.41. The zero-order valence-electron chi connectivity index (χ0n) is 14.6. The molecular formula is C17H27BN2O2. The Morgan fingerprint density at radius 3 is 2.36 bits per heavy atom. The van der Waals surface area contributed by atoms with Crippen molar-refractivity contribution in [3.63, 3.8) is 0 Å². The first-order valence-electron chi connectivity index (χ1n) is 8.27. The van der Waals surface area contributed by atoms with Gasteiger partial charge in [-0.3, -0.25) is 0 Å². The van der Waals surface area contributed by atoms with Crippen molar-refractivity contribution in [2.24, 2.45) is 5.92 Å². The van der Waals surface area contributed by atoms with Crippen molar-refractivity contribution < 1.29 is 9.31 Å². The van der Waals surface area contributed by atoms with Crippen LogP contribution in [-0.4, -0.2) is 36.4 Å². The minimum atomic E-state index is -0.330. The van der Waals surface area contributed by atoms with E-state index < -0.39 is 0 Å². The molecule has 5 heteroatoms. The maximum absolute atomic E-state index is 6.14. The molecule has 2 saturated heterocycles. The molecule has 0 spiro atoms. The summed E-state index contributed by atoms with van der Waals surface area (Å²) in [6.07, 6.45) is 3.18. The Hall–Kier alpha value is -1.07. The van der Waals surface area contributed by atoms with E-state index in [-0.39, 0.29) is 18.3 Å². The van der Waals surface area contributed by atoms with E-state index in [1.807, 2.05) is 6.20 Å². The summed E-state index contributed by atoms with van der Waals surface area (Å²) in [5, 5.41) is 0. The molecule has 0 saturated carbocycles. The third kappa shape index (κ3) is 2.65. The number of hydrogen-bond acceptors (Lipinski definition) is 4. The largest absolute Gasteiger partial charge is 0.496 e. The zero-order chi connectivity index (χ0) is 16.1. The number of nitrogens with zero attached hydrogens (tertiary/aromatic N) is 2. The second-order valence-electron chi connectivity index (χ2n) is 7.83. The predicted octanol–water partition coefficient (Wildman–Crippen LogP) is 2.54. The lowest BCUT2D eigenvalue weighted by molar-refractivity contribution is 0.00578. The van der Waals surface area contributed by atoms with Gasteiger partial charge < -0.3 is 14.2 Å². The van der Waals surface area contributed by atoms with Crippen LogP contribution in [0.15, 0.2) is 12.3 Å². The average Bonchev–Trinajstić information content (AvgIpc) is 2.91. The molecule has 0 unspecified atom stereocenters. The van der Waals surface area contributed by atoms with Crippen LogP contribution in [0.2, 0.25) is 0 Å². The van der Waals surface area contributed by atoms with Crippen LogP contribution >= 0.6 is 0 Å². The minimum Gasteiger partial charge on any atom is -0.399 e. The molecule has 2 fully saturated rings. The SMILES string of the molecule is Cc1cc(N2CC[C@H](C)C2)ncc1B1OC(C)(C)C(C)(C)O1. The minimum absolute atomic E-state index is 0.312. The fourth-order valence-corrected chi connectivity index (χ4v) is 3.08. The summed E-state index contributed by atoms with van der Waals surface area (Å²) in [5.74, 6) is 1.83. The van der Waals surface area contributed by atoms with Gasteiger partial charge in [-0.2, -0.15) is 0 Å². The molecule has 0 amide bonds. The van der Waals surface area contributed by atoms with E-state index in [9.17, 15) is 0 Å². The third-order valence-electron chi connectivity index (χ3n) is 5.39. The fourth-order valence-electron chi connectivity index (χ4n) is 3.08. The van der Waals surface area contributed by atoms with E-state index in [0.29, 0.717) is 0 Å². The van der Waals surface area contributed by atoms with E-state index in [4.69, 9.17) is 9.31 Å². The van der Waals surface area contributed by atoms with Gasteiger partial charge in [-0.05, 0) is 58.6 Å². The van der Waals surface area contributed by atoms with Crippen LogP contribution in [0.1, 0.15) is 46.6 Å². The summed E-state index contributed by atoms with van der Waals surface area (Å²) in [7, 11) is -0.330. The highest BCUT2D eigenvalue weighted by atomic mass is 16.7. The predicted molar refractivity (Wildman–Crippen MR) is 90.7 cm³/mol. The molecule has 0 bridgehead atoms. The third-order valence-corrected chi connectivity index (χ3v) is 5.39. The second-order valence-corrected chi connectivity index (χ2v) is 7.83. The summed E-state index contributed by atoms with van der Waals surface area (Å²) < 4.78 is 12.3. The van der Waals surface area contributed by atoms with Gasteiger partial charge in [-0.1, -0.05) is 6.92 Å². The maximum Gasteiger partial charge on any atom is 0.496 e. The van der Waals surface area contributed by atoms with Gasteiger partial charge in [0.2, 0.25) is 0 Å². The lowest BCUT2D eigenvalue weighted by Gasteiger charge is -2.32. The van der Waals surface area contributed by atoms with Crippen molar-refractivity contribution in [3.8, 4) is 0 Å². The quantitative estimate of drug-likeness (QED) is 0.786. The number of hydrogen-bond donors (Lipinski definition) is 0. The number of anilines is 1. The van der Waals surface area contributed by atoms with Crippen LogP contribution in [0.4, 0.5) is 5.82 Å². The highest BCUT2D eigenvalue weighted by molar-refractivity contribution is 6.62. The van der Waals surface area contributed by atoms with Crippen LogP contribution in [0.3, 0.4) is 0 Å². The van der Waals surface area contributed by atoms with Gasteiger partial charge in [-0.15, -0.1) is 0 Å². The molecule has 1 aromatic heterocycles. The second kappa shape index (κ2) is 5.24. The molecule has 0 radical (unpaired) electrons. The van der Waals surface area contributed by atoms with Crippen LogP contribution in [0.25, 0.3) is 0 Å². The van der Waals surface area contributed by atoms with Crippen molar-refractivity contribution in [3.05, 3.63) is 17.8 Å². The van der Waals surface area contributed by atoms with Crippen molar-refractivity contribution in [2.45, 2.75) is 59.2 Å². The van der Waals surface area contributed by atoms with Gasteiger partial charge in [0, 0.05) is 24.7 Å². The van der Waals surface area contributed by atoms with Crippen molar-refractivity contribution in [2.75, 3.05) is 18.0 Å². The Bertz CT molecular complexity index is 558. The van der Waals surface area contributed by atoms with Crippen LogP contribution < -0.4 is 10.4 Å². The van der Waals surface area contributed by atoms with E-state index in [1.54, 1.807) is 0 Å². The van der Waals surface area contributed by atoms with Crippen LogP contribution in [0.5, 0.6) is 0 Å². The molecule has 0 N–H and O–H groups in total. The van der Waals surface area contributed by atoms with Gasteiger partial charge in [0.25, 0.3) is 0 Å². The smallest absolute Gasteiger partial charge is 0.399 e. The summed E-state index contributed by atoms with van der Waals surface area (Å²) in [6, 6.07) is 2.17. The number of rotatable bonds is 2. The van der Waals surface area contributed by atoms with Gasteiger partial charge in [-0.25, -0.2) is 4.98 Å². The molecule has 4 nitrogen and oxygen atoms in total. The standard InChI is InChI=1S/C17H27BN2O2/c1-12-7-8-20(11-12)15-9-13(2)14(10-19-15)18-21-16(3,4)17(5,6)22-18/h9-10,12H,7-8,11H2,1-6H3/t12-/m0/s1. The van der Waals surface area contributed by atoms with Crippen molar-refractivity contribution in [1.29, 1.82) is 0 Å². The zero-order valence-corrected chi connectivity index (χ0v) is 14.6. The molecule has 1 atom stereocenters. The van der Waals surface area contributed by atoms with Crippen LogP contribution in [0, 0.1) is 12.8 Å². The highest BCUT2D eigenvalue weighted by Gasteiger charge is 2.52. The Labute approximate surface area is 134 Å². The fraction of sp³-hybridized carbons (Fsp3) is 0.706. The molecule has 3 heterocycles. The first-order valence-corrected chi connectivity index (χ1v) is 8.27. The van der Waals surface area contributed by atoms with Crippen molar-refractivity contribution >= 4 is 18.4 Å².